The molecule has 132 valence electrons. The first-order chi connectivity index (χ1) is 12.4. The highest BCUT2D eigenvalue weighted by Gasteiger charge is 2.24. The van der Waals surface area contributed by atoms with E-state index in [9.17, 15) is 24.5 Å². The van der Waals surface area contributed by atoms with Gasteiger partial charge in [0, 0.05) is 5.69 Å². The van der Waals surface area contributed by atoms with Gasteiger partial charge < -0.3 is 15.4 Å². The number of nitrogens with zero attached hydrogens (tertiary/aromatic N) is 4. The number of halogens is 1. The Morgan fingerprint density at radius 2 is 1.92 bits per heavy atom. The molecule has 0 fully saturated rings. The zero-order valence-electron chi connectivity index (χ0n) is 12.6. The summed E-state index contributed by atoms with van der Waals surface area (Å²) in [6.07, 6.45) is 0. The van der Waals surface area contributed by atoms with Gasteiger partial charge in [-0.15, -0.1) is 0 Å². The Balaban J connectivity index is 2.13. The van der Waals surface area contributed by atoms with Crippen LogP contribution in [0.5, 0.6) is 0 Å². The largest absolute Gasteiger partial charge is 0.396 e. The lowest BCUT2D eigenvalue weighted by Crippen LogP contribution is -2.44. The highest BCUT2D eigenvalue weighted by Crippen LogP contribution is 2.20. The number of aromatic nitrogens is 4. The maximum atomic E-state index is 12.1. The lowest BCUT2D eigenvalue weighted by molar-refractivity contribution is -0.388. The molecular formula is C13H8ClN7O5. The average molecular weight is 378 g/mol. The third-order valence-corrected chi connectivity index (χ3v) is 3.28. The van der Waals surface area contributed by atoms with E-state index in [1.807, 2.05) is 0 Å². The van der Waals surface area contributed by atoms with Crippen molar-refractivity contribution in [3.05, 3.63) is 66.4 Å². The second-order valence-corrected chi connectivity index (χ2v) is 5.14. The van der Waals surface area contributed by atoms with Gasteiger partial charge >= 0.3 is 28.3 Å². The van der Waals surface area contributed by atoms with Gasteiger partial charge in [0.25, 0.3) is 0 Å². The molecule has 0 saturated carbocycles. The molecular weight excluding hydrogens is 370 g/mol. The summed E-state index contributed by atoms with van der Waals surface area (Å²) >= 11 is 5.59. The van der Waals surface area contributed by atoms with Crippen LogP contribution in [-0.4, -0.2) is 30.6 Å². The second-order valence-electron chi connectivity index (χ2n) is 4.80. The second kappa shape index (κ2) is 6.60. The van der Waals surface area contributed by atoms with E-state index in [2.05, 4.69) is 25.7 Å². The zero-order chi connectivity index (χ0) is 18.8. The SMILES string of the molecule is O=C(Nc1ccccc1)Nn1c(=O)c(=O)[nH]c2nc(Cl)nc([N+](=O)[O-])c21. The first-order valence-electron chi connectivity index (χ1n) is 6.87. The van der Waals surface area contributed by atoms with E-state index in [0.717, 1.165) is 0 Å². The molecule has 0 saturated heterocycles. The van der Waals surface area contributed by atoms with E-state index >= 15 is 0 Å². The molecule has 3 aromatic rings. The van der Waals surface area contributed by atoms with E-state index in [1.54, 1.807) is 30.3 Å². The first kappa shape index (κ1) is 17.0. The quantitative estimate of drug-likeness (QED) is 0.263. The van der Waals surface area contributed by atoms with Crippen LogP contribution in [-0.2, 0) is 0 Å². The number of carbonyl (C=O) groups is 1. The Morgan fingerprint density at radius 3 is 2.58 bits per heavy atom. The topological polar surface area (TPSA) is 165 Å². The van der Waals surface area contributed by atoms with Crippen LogP contribution >= 0.6 is 11.6 Å². The minimum absolute atomic E-state index is 0.388. The number of urea groups is 1. The number of amides is 2. The normalized spacial score (nSPS) is 10.5. The number of aromatic amines is 1. The molecule has 0 bridgehead atoms. The zero-order valence-corrected chi connectivity index (χ0v) is 13.4. The van der Waals surface area contributed by atoms with Crippen LogP contribution in [0.4, 0.5) is 16.3 Å². The Kier molecular flexibility index (Phi) is 4.33. The number of anilines is 1. The van der Waals surface area contributed by atoms with E-state index in [0.29, 0.717) is 10.4 Å². The number of hydrogen-bond donors (Lipinski definition) is 3. The molecule has 26 heavy (non-hydrogen) atoms. The van der Waals surface area contributed by atoms with Gasteiger partial charge in [0.1, 0.15) is 0 Å². The molecule has 2 amide bonds. The fourth-order valence-electron chi connectivity index (χ4n) is 2.09. The van der Waals surface area contributed by atoms with Gasteiger partial charge in [-0.25, -0.2) is 10.2 Å². The molecule has 0 atom stereocenters. The summed E-state index contributed by atoms with van der Waals surface area (Å²) in [6.45, 7) is 0. The molecule has 0 aliphatic rings. The molecule has 3 N–H and O–H groups in total. The van der Waals surface area contributed by atoms with E-state index in [4.69, 9.17) is 11.6 Å². The summed E-state index contributed by atoms with van der Waals surface area (Å²) in [7, 11) is 0. The van der Waals surface area contributed by atoms with Crippen LogP contribution in [0.2, 0.25) is 5.28 Å². The Hall–Kier alpha value is -3.80. The highest BCUT2D eigenvalue weighted by molar-refractivity contribution is 6.28. The summed E-state index contributed by atoms with van der Waals surface area (Å²) in [5.41, 5.74) is -0.889. The van der Waals surface area contributed by atoms with Gasteiger partial charge in [-0.3, -0.25) is 14.6 Å². The van der Waals surface area contributed by atoms with Crippen LogP contribution in [0.15, 0.2) is 39.9 Å². The molecule has 0 spiro atoms. The van der Waals surface area contributed by atoms with E-state index < -0.39 is 38.7 Å². The minimum atomic E-state index is -1.27. The number of benzene rings is 1. The molecule has 13 heteroatoms. The Bertz CT molecular complexity index is 1140. The van der Waals surface area contributed by atoms with Crippen molar-refractivity contribution in [2.45, 2.75) is 0 Å². The number of fused-ring (bicyclic) bond motifs is 1. The fourth-order valence-corrected chi connectivity index (χ4v) is 2.25. The van der Waals surface area contributed by atoms with E-state index in [-0.39, 0.29) is 5.65 Å². The van der Waals surface area contributed by atoms with Crippen LogP contribution in [0.3, 0.4) is 0 Å². The molecule has 3 rings (SSSR count). The van der Waals surface area contributed by atoms with Gasteiger partial charge in [-0.05, 0) is 33.6 Å². The molecule has 2 aromatic heterocycles. The number of nitro groups is 1. The number of para-hydroxylation sites is 1. The van der Waals surface area contributed by atoms with Gasteiger partial charge in [0.05, 0.1) is 0 Å². The number of hydrogen-bond acceptors (Lipinski definition) is 7. The summed E-state index contributed by atoms with van der Waals surface area (Å²) in [5, 5.41) is 13.1. The third-order valence-electron chi connectivity index (χ3n) is 3.11. The molecule has 2 heterocycles. The Labute approximate surface area is 147 Å². The fraction of sp³-hybridized carbons (Fsp3) is 0. The van der Waals surface area contributed by atoms with Gasteiger partial charge in [-0.2, -0.15) is 9.66 Å². The van der Waals surface area contributed by atoms with Crippen molar-refractivity contribution in [2.75, 3.05) is 10.7 Å². The maximum absolute atomic E-state index is 12.1. The first-order valence-corrected chi connectivity index (χ1v) is 7.24. The van der Waals surface area contributed by atoms with Crippen molar-refractivity contribution in [3.63, 3.8) is 0 Å². The lowest BCUT2D eigenvalue weighted by atomic mass is 10.3. The summed E-state index contributed by atoms with van der Waals surface area (Å²) in [6, 6.07) is 7.26. The predicted octanol–water partition coefficient (Wildman–Crippen LogP) is 0.817. The van der Waals surface area contributed by atoms with Crippen LogP contribution in [0.1, 0.15) is 0 Å². The molecule has 0 aliphatic carbocycles. The van der Waals surface area contributed by atoms with Crippen LogP contribution in [0.25, 0.3) is 11.2 Å². The minimum Gasteiger partial charge on any atom is -0.358 e. The summed E-state index contributed by atoms with van der Waals surface area (Å²) < 4.78 is 0.390. The van der Waals surface area contributed by atoms with Crippen LogP contribution in [0, 0.1) is 10.1 Å². The summed E-state index contributed by atoms with van der Waals surface area (Å²) in [4.78, 5) is 55.4. The van der Waals surface area contributed by atoms with Gasteiger partial charge in [-0.1, -0.05) is 18.2 Å². The van der Waals surface area contributed by atoms with Crippen molar-refractivity contribution in [1.29, 1.82) is 0 Å². The number of nitrogens with one attached hydrogen (secondary N) is 3. The number of rotatable bonds is 3. The smallest absolute Gasteiger partial charge is 0.358 e. The molecule has 1 aromatic carbocycles. The monoisotopic (exact) mass is 377 g/mol. The molecule has 0 aliphatic heterocycles. The summed E-state index contributed by atoms with van der Waals surface area (Å²) in [5.74, 6) is -0.867. The number of carbonyl (C=O) groups excluding carboxylic acids is 1. The van der Waals surface area contributed by atoms with Gasteiger partial charge in [0.15, 0.2) is 5.65 Å². The predicted molar refractivity (Wildman–Crippen MR) is 90.9 cm³/mol. The third kappa shape index (κ3) is 3.21. The molecule has 0 unspecified atom stereocenters. The highest BCUT2D eigenvalue weighted by atomic mass is 35.5. The van der Waals surface area contributed by atoms with Gasteiger partial charge in [0.2, 0.25) is 5.52 Å². The van der Waals surface area contributed by atoms with Crippen molar-refractivity contribution < 1.29 is 9.72 Å². The lowest BCUT2D eigenvalue weighted by Gasteiger charge is -2.11. The molecule has 12 nitrogen and oxygen atoms in total. The van der Waals surface area contributed by atoms with Crippen molar-refractivity contribution in [1.82, 2.24) is 19.6 Å². The molecule has 0 radical (unpaired) electrons. The Morgan fingerprint density at radius 1 is 1.23 bits per heavy atom. The number of H-pyrrole nitrogens is 1. The average Bonchev–Trinajstić information content (AvgIpc) is 2.59. The van der Waals surface area contributed by atoms with Crippen molar-refractivity contribution in [2.24, 2.45) is 0 Å². The van der Waals surface area contributed by atoms with Crippen molar-refractivity contribution >= 4 is 40.3 Å². The van der Waals surface area contributed by atoms with E-state index in [1.165, 1.54) is 0 Å². The van der Waals surface area contributed by atoms with Crippen molar-refractivity contribution in [3.8, 4) is 0 Å². The standard InChI is InChI=1S/C13H8ClN7O5/c14-12-17-8-7(9(18-12)21(25)26)20(11(23)10(22)16-8)19-13(24)15-6-4-2-1-3-5-6/h1-5H,(H2,15,19,24)(H,16,17,18,22). The van der Waals surface area contributed by atoms with Crippen LogP contribution < -0.4 is 21.9 Å². The maximum Gasteiger partial charge on any atom is 0.396 e.